The molecule has 1 aromatic heterocycles. The highest BCUT2D eigenvalue weighted by atomic mass is 79.9. The number of ether oxygens (including phenoxy) is 1. The highest BCUT2D eigenvalue weighted by molar-refractivity contribution is 9.10. The van der Waals surface area contributed by atoms with Gasteiger partial charge in [-0.25, -0.2) is 0 Å². The lowest BCUT2D eigenvalue weighted by molar-refractivity contribution is 0.311. The summed E-state index contributed by atoms with van der Waals surface area (Å²) in [5, 5.41) is 9.03. The minimum absolute atomic E-state index is 0.0434. The Hall–Kier alpha value is -1.80. The zero-order valence-corrected chi connectivity index (χ0v) is 11.2. The zero-order valence-electron chi connectivity index (χ0n) is 9.57. The van der Waals surface area contributed by atoms with Crippen molar-refractivity contribution >= 4 is 26.8 Å². The first-order chi connectivity index (χ1) is 8.72. The zero-order chi connectivity index (χ0) is 13.0. The SMILES string of the molecule is N#CCCCOc1cc2c(=O)cc[nH]c2cc1Br. The molecule has 0 aliphatic carbocycles. The summed E-state index contributed by atoms with van der Waals surface area (Å²) in [7, 11) is 0. The number of hydrogen-bond acceptors (Lipinski definition) is 3. The Kier molecular flexibility index (Phi) is 4.00. The number of nitrogens with one attached hydrogen (secondary N) is 1. The molecule has 0 fully saturated rings. The predicted octanol–water partition coefficient (Wildman–Crippen LogP) is 2.97. The van der Waals surface area contributed by atoms with Gasteiger partial charge in [-0.1, -0.05) is 0 Å². The van der Waals surface area contributed by atoms with E-state index >= 15 is 0 Å². The Labute approximate surface area is 112 Å². The van der Waals surface area contributed by atoms with Crippen LogP contribution in [0.2, 0.25) is 0 Å². The molecule has 1 N–H and O–H groups in total. The van der Waals surface area contributed by atoms with Gasteiger partial charge in [0, 0.05) is 24.1 Å². The van der Waals surface area contributed by atoms with E-state index in [9.17, 15) is 4.79 Å². The summed E-state index contributed by atoms with van der Waals surface area (Å²) in [5.41, 5.74) is 0.719. The van der Waals surface area contributed by atoms with Crippen molar-refractivity contribution in [2.24, 2.45) is 0 Å². The van der Waals surface area contributed by atoms with Gasteiger partial charge in [0.2, 0.25) is 0 Å². The van der Waals surface area contributed by atoms with Crippen LogP contribution in [0.1, 0.15) is 12.8 Å². The van der Waals surface area contributed by atoms with Gasteiger partial charge in [0.05, 0.1) is 22.7 Å². The van der Waals surface area contributed by atoms with Gasteiger partial charge in [0.1, 0.15) is 5.75 Å². The van der Waals surface area contributed by atoms with Crippen molar-refractivity contribution in [1.29, 1.82) is 5.26 Å². The van der Waals surface area contributed by atoms with Crippen LogP contribution >= 0.6 is 15.9 Å². The van der Waals surface area contributed by atoms with Crippen molar-refractivity contribution < 1.29 is 4.74 Å². The second-order valence-corrected chi connectivity index (χ2v) is 4.63. The molecule has 18 heavy (non-hydrogen) atoms. The lowest BCUT2D eigenvalue weighted by atomic mass is 10.2. The molecular formula is C13H11BrN2O2. The Bertz CT molecular complexity index is 658. The van der Waals surface area contributed by atoms with E-state index in [4.69, 9.17) is 10.00 Å². The summed E-state index contributed by atoms with van der Waals surface area (Å²) < 4.78 is 6.34. The molecule has 5 heteroatoms. The van der Waals surface area contributed by atoms with Crippen molar-refractivity contribution in [2.45, 2.75) is 12.8 Å². The Morgan fingerprint density at radius 2 is 2.28 bits per heavy atom. The number of fused-ring (bicyclic) bond motifs is 1. The number of nitriles is 1. The number of hydrogen-bond donors (Lipinski definition) is 1. The molecule has 1 heterocycles. The van der Waals surface area contributed by atoms with E-state index in [1.807, 2.05) is 6.07 Å². The molecule has 0 bridgehead atoms. The summed E-state index contributed by atoms with van der Waals surface area (Å²) >= 11 is 3.40. The molecule has 0 atom stereocenters. The quantitative estimate of drug-likeness (QED) is 0.883. The molecule has 0 radical (unpaired) electrons. The van der Waals surface area contributed by atoms with Crippen molar-refractivity contribution in [3.05, 3.63) is 39.1 Å². The van der Waals surface area contributed by atoms with Crippen LogP contribution < -0.4 is 10.2 Å². The van der Waals surface area contributed by atoms with Crippen molar-refractivity contribution in [2.75, 3.05) is 6.61 Å². The maximum atomic E-state index is 11.7. The van der Waals surface area contributed by atoms with Gasteiger partial charge in [-0.15, -0.1) is 0 Å². The number of halogens is 1. The fraction of sp³-hybridized carbons (Fsp3) is 0.231. The lowest BCUT2D eigenvalue weighted by Crippen LogP contribution is -2.02. The van der Waals surface area contributed by atoms with Gasteiger partial charge in [-0.05, 0) is 34.5 Å². The summed E-state index contributed by atoms with van der Waals surface area (Å²) in [6.45, 7) is 0.461. The number of rotatable bonds is 4. The Balaban J connectivity index is 2.28. The maximum Gasteiger partial charge on any atom is 0.189 e. The first kappa shape index (κ1) is 12.7. The third-order valence-corrected chi connectivity index (χ3v) is 3.12. The first-order valence-corrected chi connectivity index (χ1v) is 6.32. The van der Waals surface area contributed by atoms with Gasteiger partial charge in [-0.2, -0.15) is 5.26 Å². The molecule has 0 aliphatic heterocycles. The minimum Gasteiger partial charge on any atom is -0.492 e. The summed E-state index contributed by atoms with van der Waals surface area (Å²) in [5.74, 6) is 0.622. The van der Waals surface area contributed by atoms with Crippen molar-refractivity contribution in [3.63, 3.8) is 0 Å². The fourth-order valence-corrected chi connectivity index (χ4v) is 2.08. The van der Waals surface area contributed by atoms with Crippen molar-refractivity contribution in [3.8, 4) is 11.8 Å². The summed E-state index contributed by atoms with van der Waals surface area (Å²) in [4.78, 5) is 14.7. The van der Waals surface area contributed by atoms with E-state index in [1.54, 1.807) is 12.3 Å². The number of pyridine rings is 1. The number of nitrogens with zero attached hydrogens (tertiary/aromatic N) is 1. The van der Waals surface area contributed by atoms with E-state index in [-0.39, 0.29) is 5.43 Å². The van der Waals surface area contributed by atoms with E-state index < -0.39 is 0 Å². The Morgan fingerprint density at radius 1 is 1.44 bits per heavy atom. The third-order valence-electron chi connectivity index (χ3n) is 2.50. The van der Waals surface area contributed by atoms with Crippen LogP contribution in [-0.4, -0.2) is 11.6 Å². The molecule has 0 unspecified atom stereocenters. The largest absolute Gasteiger partial charge is 0.492 e. The third kappa shape index (κ3) is 2.71. The van der Waals surface area contributed by atoms with Gasteiger partial charge in [-0.3, -0.25) is 4.79 Å². The number of unbranched alkanes of at least 4 members (excludes halogenated alkanes) is 1. The van der Waals surface area contributed by atoms with Gasteiger partial charge >= 0.3 is 0 Å². The molecule has 0 spiro atoms. The van der Waals surface area contributed by atoms with E-state index in [1.165, 1.54) is 6.07 Å². The van der Waals surface area contributed by atoms with Gasteiger partial charge in [0.25, 0.3) is 0 Å². The maximum absolute atomic E-state index is 11.7. The predicted molar refractivity (Wildman–Crippen MR) is 72.6 cm³/mol. The highest BCUT2D eigenvalue weighted by Crippen LogP contribution is 2.28. The van der Waals surface area contributed by atoms with E-state index in [2.05, 4.69) is 27.0 Å². The molecule has 4 nitrogen and oxygen atoms in total. The van der Waals surface area contributed by atoms with Crippen molar-refractivity contribution in [1.82, 2.24) is 4.98 Å². The molecule has 2 aromatic rings. The normalized spacial score (nSPS) is 10.2. The van der Waals surface area contributed by atoms with Crippen LogP contribution in [0, 0.1) is 11.3 Å². The van der Waals surface area contributed by atoms with Crippen LogP contribution in [0.25, 0.3) is 10.9 Å². The second kappa shape index (κ2) is 5.69. The van der Waals surface area contributed by atoms with E-state index in [0.29, 0.717) is 30.6 Å². The molecule has 0 amide bonds. The minimum atomic E-state index is -0.0434. The molecule has 1 aromatic carbocycles. The van der Waals surface area contributed by atoms with Crippen LogP contribution in [0.15, 0.2) is 33.7 Å². The lowest BCUT2D eigenvalue weighted by Gasteiger charge is -2.08. The second-order valence-electron chi connectivity index (χ2n) is 3.78. The molecular weight excluding hydrogens is 296 g/mol. The summed E-state index contributed by atoms with van der Waals surface area (Å²) in [6.07, 6.45) is 2.75. The fourth-order valence-electron chi connectivity index (χ4n) is 1.62. The Morgan fingerprint density at radius 3 is 3.06 bits per heavy atom. The number of aromatic amines is 1. The van der Waals surface area contributed by atoms with Gasteiger partial charge in [0.15, 0.2) is 5.43 Å². The monoisotopic (exact) mass is 306 g/mol. The molecule has 2 rings (SSSR count). The molecule has 92 valence electrons. The topological polar surface area (TPSA) is 65.9 Å². The van der Waals surface area contributed by atoms with Gasteiger partial charge < -0.3 is 9.72 Å². The molecule has 0 saturated carbocycles. The van der Waals surface area contributed by atoms with Crippen LogP contribution in [0.4, 0.5) is 0 Å². The number of aromatic nitrogens is 1. The first-order valence-electron chi connectivity index (χ1n) is 5.53. The number of H-pyrrole nitrogens is 1. The smallest absolute Gasteiger partial charge is 0.189 e. The van der Waals surface area contributed by atoms with Crippen LogP contribution in [-0.2, 0) is 0 Å². The number of benzene rings is 1. The average molecular weight is 307 g/mol. The average Bonchev–Trinajstić information content (AvgIpc) is 2.36. The highest BCUT2D eigenvalue weighted by Gasteiger charge is 2.06. The van der Waals surface area contributed by atoms with Crippen LogP contribution in [0.5, 0.6) is 5.75 Å². The van der Waals surface area contributed by atoms with E-state index in [0.717, 1.165) is 9.99 Å². The molecule has 0 saturated heterocycles. The van der Waals surface area contributed by atoms with Crippen LogP contribution in [0.3, 0.4) is 0 Å². The summed E-state index contributed by atoms with van der Waals surface area (Å²) in [6, 6.07) is 7.07. The standard InChI is InChI=1S/C13H11BrN2O2/c14-10-8-11-9(12(17)3-5-16-11)7-13(10)18-6-2-1-4-15/h3,5,7-8H,1-2,6H2,(H,16,17). The molecule has 0 aliphatic rings.